The first-order valence-corrected chi connectivity index (χ1v) is 5.79. The average Bonchev–Trinajstić information content (AvgIpc) is 2.29. The molecule has 5 heteroatoms. The third-order valence-corrected chi connectivity index (χ3v) is 2.37. The van der Waals surface area contributed by atoms with Crippen molar-refractivity contribution in [3.05, 3.63) is 35.9 Å². The van der Waals surface area contributed by atoms with Crippen molar-refractivity contribution in [2.75, 3.05) is 20.2 Å². The van der Waals surface area contributed by atoms with Crippen LogP contribution < -0.4 is 5.73 Å². The van der Waals surface area contributed by atoms with Gasteiger partial charge in [-0.25, -0.2) is 0 Å². The molecule has 0 aliphatic rings. The van der Waals surface area contributed by atoms with Gasteiger partial charge in [0.1, 0.15) is 18.9 Å². The minimum atomic E-state index is -0.449. The molecule has 0 spiro atoms. The summed E-state index contributed by atoms with van der Waals surface area (Å²) in [4.78, 5) is 13.2. The zero-order valence-electron chi connectivity index (χ0n) is 10.6. The van der Waals surface area contributed by atoms with E-state index < -0.39 is 5.97 Å². The molecule has 0 atom stereocenters. The summed E-state index contributed by atoms with van der Waals surface area (Å²) in [7, 11) is 1.96. The predicted molar refractivity (Wildman–Crippen MR) is 70.3 cm³/mol. The molecule has 1 aromatic carbocycles. The number of nitrogens with one attached hydrogen (secondary N) is 1. The second kappa shape index (κ2) is 7.45. The van der Waals surface area contributed by atoms with Gasteiger partial charge in [-0.05, 0) is 12.6 Å². The molecule has 3 N–H and O–H groups in total. The molecule has 0 aliphatic carbocycles. The SMILES string of the molecule is CN(CCOC(=O)CC(=N)N)Cc1ccccc1. The molecule has 0 fully saturated rings. The first kappa shape index (κ1) is 14.2. The number of hydrogen-bond acceptors (Lipinski definition) is 4. The Balaban J connectivity index is 2.19. The van der Waals surface area contributed by atoms with Crippen molar-refractivity contribution in [1.29, 1.82) is 5.41 Å². The second-order valence-corrected chi connectivity index (χ2v) is 4.15. The van der Waals surface area contributed by atoms with Gasteiger partial charge in [0, 0.05) is 13.1 Å². The topological polar surface area (TPSA) is 79.4 Å². The number of ether oxygens (including phenoxy) is 1. The summed E-state index contributed by atoms with van der Waals surface area (Å²) < 4.78 is 4.96. The lowest BCUT2D eigenvalue weighted by molar-refractivity contribution is -0.142. The van der Waals surface area contributed by atoms with Gasteiger partial charge in [-0.2, -0.15) is 0 Å². The Bertz CT molecular complexity index is 392. The van der Waals surface area contributed by atoms with Crippen molar-refractivity contribution in [3.63, 3.8) is 0 Å². The van der Waals surface area contributed by atoms with E-state index in [9.17, 15) is 4.79 Å². The molecule has 0 amide bonds. The van der Waals surface area contributed by atoms with E-state index in [1.165, 1.54) is 5.56 Å². The quantitative estimate of drug-likeness (QED) is 0.429. The van der Waals surface area contributed by atoms with E-state index in [0.29, 0.717) is 13.2 Å². The first-order chi connectivity index (χ1) is 8.58. The van der Waals surface area contributed by atoms with Crippen molar-refractivity contribution in [1.82, 2.24) is 4.90 Å². The van der Waals surface area contributed by atoms with Crippen molar-refractivity contribution in [3.8, 4) is 0 Å². The number of carbonyl (C=O) groups is 1. The van der Waals surface area contributed by atoms with E-state index in [2.05, 4.69) is 17.0 Å². The molecule has 5 nitrogen and oxygen atoms in total. The summed E-state index contributed by atoms with van der Waals surface area (Å²) in [6.45, 7) is 1.78. The number of esters is 1. The average molecular weight is 249 g/mol. The van der Waals surface area contributed by atoms with Gasteiger partial charge >= 0.3 is 5.97 Å². The van der Waals surface area contributed by atoms with Crippen LogP contribution in [-0.4, -0.2) is 36.9 Å². The molecule has 1 rings (SSSR count). The van der Waals surface area contributed by atoms with Crippen molar-refractivity contribution < 1.29 is 9.53 Å². The van der Waals surface area contributed by atoms with Crippen LogP contribution >= 0.6 is 0 Å². The van der Waals surface area contributed by atoms with Gasteiger partial charge in [0.15, 0.2) is 0 Å². The summed E-state index contributed by atoms with van der Waals surface area (Å²) in [5.41, 5.74) is 6.32. The smallest absolute Gasteiger partial charge is 0.313 e. The summed E-state index contributed by atoms with van der Waals surface area (Å²) in [5, 5.41) is 6.96. The number of nitrogens with two attached hydrogens (primary N) is 1. The number of benzene rings is 1. The Kier molecular flexibility index (Phi) is 5.87. The van der Waals surface area contributed by atoms with Gasteiger partial charge in [0.2, 0.25) is 0 Å². The van der Waals surface area contributed by atoms with Crippen LogP contribution in [0, 0.1) is 5.41 Å². The molecule has 0 saturated heterocycles. The normalized spacial score (nSPS) is 10.3. The molecule has 0 heterocycles. The highest BCUT2D eigenvalue weighted by Gasteiger charge is 2.05. The number of carbonyl (C=O) groups excluding carboxylic acids is 1. The zero-order chi connectivity index (χ0) is 13.4. The molecular formula is C13H19N3O2. The molecule has 98 valence electrons. The molecule has 0 bridgehead atoms. The standard InChI is InChI=1S/C13H19N3O2/c1-16(10-11-5-3-2-4-6-11)7-8-18-13(17)9-12(14)15/h2-6H,7-10H2,1H3,(H3,14,15). The van der Waals surface area contributed by atoms with E-state index in [1.807, 2.05) is 25.2 Å². The molecule has 0 aliphatic heterocycles. The molecule has 18 heavy (non-hydrogen) atoms. The molecule has 0 saturated carbocycles. The summed E-state index contributed by atoms with van der Waals surface area (Å²) in [5.74, 6) is -0.617. The molecule has 1 aromatic rings. The number of rotatable bonds is 7. The van der Waals surface area contributed by atoms with Gasteiger partial charge < -0.3 is 10.5 Å². The monoisotopic (exact) mass is 249 g/mol. The van der Waals surface area contributed by atoms with Gasteiger partial charge in [0.25, 0.3) is 0 Å². The van der Waals surface area contributed by atoms with E-state index in [-0.39, 0.29) is 12.3 Å². The first-order valence-electron chi connectivity index (χ1n) is 5.79. The Morgan fingerprint density at radius 3 is 2.67 bits per heavy atom. The Labute approximate surface area is 107 Å². The number of hydrogen-bond donors (Lipinski definition) is 2. The fraction of sp³-hybridized carbons (Fsp3) is 0.385. The molecule has 0 radical (unpaired) electrons. The molecular weight excluding hydrogens is 230 g/mol. The van der Waals surface area contributed by atoms with E-state index in [1.54, 1.807) is 0 Å². The van der Waals surface area contributed by atoms with Crippen LogP contribution in [-0.2, 0) is 16.1 Å². The fourth-order valence-corrected chi connectivity index (χ4v) is 1.50. The lowest BCUT2D eigenvalue weighted by Gasteiger charge is -2.16. The summed E-state index contributed by atoms with van der Waals surface area (Å²) in [6, 6.07) is 10.1. The highest BCUT2D eigenvalue weighted by Crippen LogP contribution is 2.02. The largest absolute Gasteiger partial charge is 0.464 e. The van der Waals surface area contributed by atoms with Gasteiger partial charge in [0.05, 0.1) is 0 Å². The lowest BCUT2D eigenvalue weighted by atomic mass is 10.2. The van der Waals surface area contributed by atoms with Crippen LogP contribution in [0.5, 0.6) is 0 Å². The maximum absolute atomic E-state index is 11.1. The summed E-state index contributed by atoms with van der Waals surface area (Å²) in [6.07, 6.45) is -0.137. The van der Waals surface area contributed by atoms with E-state index in [0.717, 1.165) is 6.54 Å². The Morgan fingerprint density at radius 1 is 1.39 bits per heavy atom. The van der Waals surface area contributed by atoms with Crippen molar-refractivity contribution in [2.45, 2.75) is 13.0 Å². The highest BCUT2D eigenvalue weighted by molar-refractivity contribution is 5.94. The van der Waals surface area contributed by atoms with E-state index in [4.69, 9.17) is 15.9 Å². The third kappa shape index (κ3) is 6.00. The summed E-state index contributed by atoms with van der Waals surface area (Å²) >= 11 is 0. The van der Waals surface area contributed by atoms with Crippen LogP contribution in [0.4, 0.5) is 0 Å². The number of amidine groups is 1. The number of likely N-dealkylation sites (N-methyl/N-ethyl adjacent to an activating group) is 1. The lowest BCUT2D eigenvalue weighted by Crippen LogP contribution is -2.25. The Hall–Kier alpha value is -1.88. The maximum atomic E-state index is 11.1. The number of nitrogens with zero attached hydrogens (tertiary/aromatic N) is 1. The maximum Gasteiger partial charge on any atom is 0.313 e. The van der Waals surface area contributed by atoms with Crippen molar-refractivity contribution in [2.24, 2.45) is 5.73 Å². The second-order valence-electron chi connectivity index (χ2n) is 4.15. The fourth-order valence-electron chi connectivity index (χ4n) is 1.50. The minimum Gasteiger partial charge on any atom is -0.464 e. The minimum absolute atomic E-state index is 0.137. The van der Waals surface area contributed by atoms with Crippen LogP contribution in [0.3, 0.4) is 0 Å². The Morgan fingerprint density at radius 2 is 2.06 bits per heavy atom. The van der Waals surface area contributed by atoms with Crippen LogP contribution in [0.25, 0.3) is 0 Å². The van der Waals surface area contributed by atoms with Gasteiger partial charge in [-0.3, -0.25) is 15.1 Å². The van der Waals surface area contributed by atoms with Crippen LogP contribution in [0.2, 0.25) is 0 Å². The zero-order valence-corrected chi connectivity index (χ0v) is 10.6. The van der Waals surface area contributed by atoms with Gasteiger partial charge in [-0.1, -0.05) is 30.3 Å². The highest BCUT2D eigenvalue weighted by atomic mass is 16.5. The van der Waals surface area contributed by atoms with Crippen molar-refractivity contribution >= 4 is 11.8 Å². The van der Waals surface area contributed by atoms with Crippen LogP contribution in [0.1, 0.15) is 12.0 Å². The third-order valence-electron chi connectivity index (χ3n) is 2.37. The van der Waals surface area contributed by atoms with Crippen LogP contribution in [0.15, 0.2) is 30.3 Å². The predicted octanol–water partition coefficient (Wildman–Crippen LogP) is 0.988. The van der Waals surface area contributed by atoms with Gasteiger partial charge in [-0.15, -0.1) is 0 Å². The molecule has 0 aromatic heterocycles. The molecule has 0 unspecified atom stereocenters. The van der Waals surface area contributed by atoms with E-state index >= 15 is 0 Å².